The molecule has 1 aliphatic rings. The largest absolute Gasteiger partial charge is 0.453 e. The van der Waals surface area contributed by atoms with Gasteiger partial charge in [0.05, 0.1) is 19.2 Å². The summed E-state index contributed by atoms with van der Waals surface area (Å²) in [6.45, 7) is 0.746. The molecule has 3 amide bonds. The van der Waals surface area contributed by atoms with E-state index in [0.717, 1.165) is 16.1 Å². The monoisotopic (exact) mass is 402 g/mol. The lowest BCUT2D eigenvalue weighted by Crippen LogP contribution is -2.35. The van der Waals surface area contributed by atoms with Crippen molar-refractivity contribution < 1.29 is 19.1 Å². The smallest absolute Gasteiger partial charge is 0.409 e. The number of primary amides is 1. The van der Waals surface area contributed by atoms with Gasteiger partial charge in [0, 0.05) is 36.8 Å². The summed E-state index contributed by atoms with van der Waals surface area (Å²) in [4.78, 5) is 40.8. The van der Waals surface area contributed by atoms with Gasteiger partial charge in [0.2, 0.25) is 0 Å². The van der Waals surface area contributed by atoms with Gasteiger partial charge in [0.15, 0.2) is 0 Å². The fourth-order valence-corrected chi connectivity index (χ4v) is 4.39. The summed E-state index contributed by atoms with van der Waals surface area (Å²) in [6.07, 6.45) is 0.0540. The quantitative estimate of drug-likeness (QED) is 0.816. The van der Waals surface area contributed by atoms with E-state index in [4.69, 9.17) is 10.5 Å². The summed E-state index contributed by atoms with van der Waals surface area (Å²) in [7, 11) is 5.17. The van der Waals surface area contributed by atoms with Crippen LogP contribution in [-0.2, 0) is 17.7 Å². The zero-order chi connectivity index (χ0) is 20.4. The number of carbonyl (C=O) groups is 3. The molecule has 2 heterocycles. The first-order valence-corrected chi connectivity index (χ1v) is 9.49. The molecule has 0 fully saturated rings. The van der Waals surface area contributed by atoms with E-state index >= 15 is 0 Å². The number of hydrogen-bond acceptors (Lipinski definition) is 6. The lowest BCUT2D eigenvalue weighted by Gasteiger charge is -2.25. The minimum Gasteiger partial charge on any atom is -0.453 e. The second-order valence-corrected chi connectivity index (χ2v) is 7.71. The Morgan fingerprint density at radius 2 is 1.89 bits per heavy atom. The normalized spacial score (nSPS) is 12.9. The Hall–Kier alpha value is -3.07. The molecule has 0 saturated heterocycles. The molecule has 0 atom stereocenters. The Bertz CT molecular complexity index is 921. The number of anilines is 2. The Morgan fingerprint density at radius 1 is 1.21 bits per heavy atom. The van der Waals surface area contributed by atoms with Gasteiger partial charge < -0.3 is 25.6 Å². The second-order valence-electron chi connectivity index (χ2n) is 6.61. The Balaban J connectivity index is 1.86. The topological polar surface area (TPSA) is 105 Å². The van der Waals surface area contributed by atoms with Crippen LogP contribution in [0, 0.1) is 0 Å². The van der Waals surface area contributed by atoms with Gasteiger partial charge >= 0.3 is 6.09 Å². The molecule has 3 rings (SSSR count). The molecule has 2 aromatic rings. The Kier molecular flexibility index (Phi) is 5.55. The maximum atomic E-state index is 12.6. The first-order chi connectivity index (χ1) is 13.3. The van der Waals surface area contributed by atoms with Crippen molar-refractivity contribution in [2.45, 2.75) is 13.0 Å². The number of ether oxygens (including phenoxy) is 1. The Morgan fingerprint density at radius 3 is 2.46 bits per heavy atom. The highest BCUT2D eigenvalue weighted by Crippen LogP contribution is 2.37. The van der Waals surface area contributed by atoms with Crippen molar-refractivity contribution in [1.29, 1.82) is 0 Å². The number of nitrogens with one attached hydrogen (secondary N) is 1. The molecule has 9 heteroatoms. The number of thiophene rings is 1. The molecule has 0 aliphatic carbocycles. The molecule has 0 spiro atoms. The van der Waals surface area contributed by atoms with Crippen LogP contribution in [0.5, 0.6) is 0 Å². The van der Waals surface area contributed by atoms with Crippen molar-refractivity contribution in [2.75, 3.05) is 38.0 Å². The van der Waals surface area contributed by atoms with E-state index in [9.17, 15) is 14.4 Å². The van der Waals surface area contributed by atoms with Gasteiger partial charge in [0.25, 0.3) is 11.8 Å². The van der Waals surface area contributed by atoms with Crippen molar-refractivity contribution in [1.82, 2.24) is 4.90 Å². The van der Waals surface area contributed by atoms with Gasteiger partial charge in [-0.3, -0.25) is 9.59 Å². The molecule has 1 aliphatic heterocycles. The van der Waals surface area contributed by atoms with Crippen molar-refractivity contribution in [3.63, 3.8) is 0 Å². The highest BCUT2D eigenvalue weighted by Gasteiger charge is 2.29. The van der Waals surface area contributed by atoms with Crippen LogP contribution in [0.2, 0.25) is 0 Å². The number of nitrogens with zero attached hydrogens (tertiary/aromatic N) is 2. The van der Waals surface area contributed by atoms with Crippen molar-refractivity contribution in [3.05, 3.63) is 45.8 Å². The number of carbonyl (C=O) groups excluding carboxylic acids is 3. The highest BCUT2D eigenvalue weighted by atomic mass is 32.1. The predicted molar refractivity (Wildman–Crippen MR) is 108 cm³/mol. The average molecular weight is 402 g/mol. The van der Waals surface area contributed by atoms with Gasteiger partial charge in [0.1, 0.15) is 5.00 Å². The lowest BCUT2D eigenvalue weighted by atomic mass is 10.0. The third kappa shape index (κ3) is 3.79. The van der Waals surface area contributed by atoms with E-state index in [0.29, 0.717) is 35.6 Å². The molecule has 148 valence electrons. The van der Waals surface area contributed by atoms with E-state index in [2.05, 4.69) is 5.32 Å². The van der Waals surface area contributed by atoms with Gasteiger partial charge in [-0.2, -0.15) is 0 Å². The first kappa shape index (κ1) is 19.7. The number of rotatable bonds is 4. The van der Waals surface area contributed by atoms with Gasteiger partial charge in [-0.05, 0) is 36.2 Å². The first-order valence-electron chi connectivity index (χ1n) is 8.67. The second kappa shape index (κ2) is 7.89. The molecule has 0 radical (unpaired) electrons. The molecular weight excluding hydrogens is 380 g/mol. The number of fused-ring (bicyclic) bond motifs is 1. The van der Waals surface area contributed by atoms with Crippen molar-refractivity contribution >= 4 is 39.9 Å². The lowest BCUT2D eigenvalue weighted by molar-refractivity contribution is 0.0999. The van der Waals surface area contributed by atoms with Crippen LogP contribution in [0.1, 0.15) is 31.2 Å². The summed E-state index contributed by atoms with van der Waals surface area (Å²) in [5.41, 5.74) is 8.14. The van der Waals surface area contributed by atoms with Gasteiger partial charge in [-0.1, -0.05) is 0 Å². The molecular formula is C19H22N4O4S. The van der Waals surface area contributed by atoms with Gasteiger partial charge in [-0.25, -0.2) is 4.79 Å². The summed E-state index contributed by atoms with van der Waals surface area (Å²) in [6, 6.07) is 7.14. The SMILES string of the molecule is COC(=O)N1CCc2c(sc(NC(=O)c3ccc(N(C)C)cc3)c2C(N)=O)C1. The molecule has 28 heavy (non-hydrogen) atoms. The van der Waals surface area contributed by atoms with Crippen LogP contribution in [0.3, 0.4) is 0 Å². The number of methoxy groups -OCH3 is 1. The zero-order valence-electron chi connectivity index (χ0n) is 15.9. The summed E-state index contributed by atoms with van der Waals surface area (Å²) < 4.78 is 4.76. The molecule has 0 bridgehead atoms. The number of nitrogens with two attached hydrogens (primary N) is 1. The van der Waals surface area contributed by atoms with Crippen LogP contribution in [0.25, 0.3) is 0 Å². The minimum atomic E-state index is -0.595. The fraction of sp³-hybridized carbons (Fsp3) is 0.316. The third-order valence-electron chi connectivity index (χ3n) is 4.61. The third-order valence-corrected chi connectivity index (χ3v) is 5.74. The van der Waals surface area contributed by atoms with Crippen molar-refractivity contribution in [2.24, 2.45) is 5.73 Å². The average Bonchev–Trinajstić information content (AvgIpc) is 3.04. The van der Waals surface area contributed by atoms with Crippen LogP contribution < -0.4 is 16.0 Å². The van der Waals surface area contributed by atoms with E-state index in [-0.39, 0.29) is 5.91 Å². The van der Waals surface area contributed by atoms with E-state index in [1.54, 1.807) is 17.0 Å². The summed E-state index contributed by atoms with van der Waals surface area (Å²) in [5.74, 6) is -0.918. The minimum absolute atomic E-state index is 0.320. The number of amides is 3. The number of benzene rings is 1. The molecule has 1 aromatic carbocycles. The van der Waals surface area contributed by atoms with Gasteiger partial charge in [-0.15, -0.1) is 11.3 Å². The molecule has 8 nitrogen and oxygen atoms in total. The van der Waals surface area contributed by atoms with E-state index < -0.39 is 12.0 Å². The summed E-state index contributed by atoms with van der Waals surface area (Å²) in [5, 5.41) is 3.21. The Labute approximate surface area is 166 Å². The standard InChI is InChI=1S/C19H22N4O4S/c1-22(2)12-6-4-11(5-7-12)17(25)21-18-15(16(20)24)13-8-9-23(19(26)27-3)10-14(13)28-18/h4-7H,8-10H2,1-3H3,(H2,20,24)(H,21,25). The number of hydrogen-bond donors (Lipinski definition) is 2. The van der Waals surface area contributed by atoms with Crippen LogP contribution >= 0.6 is 11.3 Å². The molecule has 1 aromatic heterocycles. The molecule has 0 saturated carbocycles. The highest BCUT2D eigenvalue weighted by molar-refractivity contribution is 7.17. The van der Waals surface area contributed by atoms with Crippen LogP contribution in [0.4, 0.5) is 15.5 Å². The molecule has 0 unspecified atom stereocenters. The predicted octanol–water partition coefficient (Wildman–Crippen LogP) is 2.29. The zero-order valence-corrected chi connectivity index (χ0v) is 16.8. The molecule has 3 N–H and O–H groups in total. The summed E-state index contributed by atoms with van der Waals surface area (Å²) >= 11 is 1.26. The van der Waals surface area contributed by atoms with Crippen LogP contribution in [0.15, 0.2) is 24.3 Å². The van der Waals surface area contributed by atoms with E-state index in [1.165, 1.54) is 18.4 Å². The maximum Gasteiger partial charge on any atom is 0.409 e. The van der Waals surface area contributed by atoms with E-state index in [1.807, 2.05) is 31.1 Å². The fourth-order valence-electron chi connectivity index (χ4n) is 3.12. The van der Waals surface area contributed by atoms with Crippen LogP contribution in [-0.4, -0.2) is 50.6 Å². The maximum absolute atomic E-state index is 12.6. The van der Waals surface area contributed by atoms with Crippen molar-refractivity contribution in [3.8, 4) is 0 Å².